The number of aliphatic hydroxyl groups excluding tert-OH is 1. The van der Waals surface area contributed by atoms with Crippen LogP contribution in [0.25, 0.3) is 0 Å². The second kappa shape index (κ2) is 13.3. The molecular formula is C11H24N2O2. The molecule has 90 valence electrons. The van der Waals surface area contributed by atoms with E-state index in [0.29, 0.717) is 0 Å². The maximum Gasteiger partial charge on any atom is 0.136 e. The molecule has 0 bridgehead atoms. The highest BCUT2D eigenvalue weighted by Crippen LogP contribution is 1.96. The molecule has 0 aliphatic carbocycles. The third-order valence-corrected chi connectivity index (χ3v) is 1.74. The average molecular weight is 216 g/mol. The van der Waals surface area contributed by atoms with E-state index >= 15 is 0 Å². The summed E-state index contributed by atoms with van der Waals surface area (Å²) < 4.78 is 0. The van der Waals surface area contributed by atoms with E-state index in [-0.39, 0.29) is 6.04 Å². The quantitative estimate of drug-likeness (QED) is 0.313. The van der Waals surface area contributed by atoms with Gasteiger partial charge in [0.25, 0.3) is 0 Å². The first-order chi connectivity index (χ1) is 7.16. The minimum Gasteiger partial charge on any atom is -0.400 e. The molecule has 0 aliphatic heterocycles. The number of unbranched alkanes of at least 4 members (excludes halogenated alkanes) is 1. The Morgan fingerprint density at radius 3 is 2.60 bits per heavy atom. The van der Waals surface area contributed by atoms with Gasteiger partial charge < -0.3 is 21.0 Å². The lowest BCUT2D eigenvalue weighted by molar-refractivity contribution is -0.109. The Labute approximate surface area is 92.6 Å². The molecule has 0 amide bonds. The van der Waals surface area contributed by atoms with E-state index in [1.807, 2.05) is 6.92 Å². The van der Waals surface area contributed by atoms with Gasteiger partial charge in [-0.05, 0) is 26.3 Å². The molecule has 0 rings (SSSR count). The molecule has 0 heterocycles. The van der Waals surface area contributed by atoms with E-state index in [4.69, 9.17) is 10.8 Å². The summed E-state index contributed by atoms with van der Waals surface area (Å²) in [5.74, 6) is 0. The van der Waals surface area contributed by atoms with E-state index in [9.17, 15) is 4.79 Å². The normalized spacial score (nSPS) is 11.2. The molecule has 0 aliphatic rings. The first-order valence-corrected chi connectivity index (χ1v) is 5.17. The minimum atomic E-state index is -0.277. The summed E-state index contributed by atoms with van der Waals surface area (Å²) >= 11 is 0. The Morgan fingerprint density at radius 1 is 1.53 bits per heavy atom. The molecule has 4 heteroatoms. The number of nitrogens with two attached hydrogens (primary N) is 1. The van der Waals surface area contributed by atoms with Crippen LogP contribution in [0.15, 0.2) is 12.2 Å². The fraction of sp³-hybridized carbons (Fsp3) is 0.727. The lowest BCUT2D eigenvalue weighted by Gasteiger charge is -2.05. The van der Waals surface area contributed by atoms with Gasteiger partial charge in [0.1, 0.15) is 6.29 Å². The number of nitrogens with one attached hydrogen (secondary N) is 1. The van der Waals surface area contributed by atoms with Gasteiger partial charge >= 0.3 is 0 Å². The van der Waals surface area contributed by atoms with Crippen LogP contribution in [0.5, 0.6) is 0 Å². The van der Waals surface area contributed by atoms with Crippen LogP contribution in [0.2, 0.25) is 0 Å². The number of carbonyl (C=O) groups is 1. The molecule has 0 aromatic heterocycles. The summed E-state index contributed by atoms with van der Waals surface area (Å²) in [5.41, 5.74) is 6.58. The Hall–Kier alpha value is -0.710. The van der Waals surface area contributed by atoms with Crippen molar-refractivity contribution in [3.05, 3.63) is 12.2 Å². The standard InChI is InChI=1S/C10H20N2O.CH4O/c1-9(2)7-12-6-4-3-5-10(11)8-13;1-2/h8,10,12H,1,3-7,11H2,2H3;2H,1H3. The van der Waals surface area contributed by atoms with E-state index in [2.05, 4.69) is 11.9 Å². The fourth-order valence-electron chi connectivity index (χ4n) is 1.000. The van der Waals surface area contributed by atoms with E-state index in [1.165, 1.54) is 0 Å². The number of hydrogen-bond donors (Lipinski definition) is 3. The second-order valence-corrected chi connectivity index (χ2v) is 3.43. The molecule has 1 unspecified atom stereocenters. The topological polar surface area (TPSA) is 75.3 Å². The monoisotopic (exact) mass is 216 g/mol. The molecular weight excluding hydrogens is 192 g/mol. The van der Waals surface area contributed by atoms with Crippen molar-refractivity contribution in [2.24, 2.45) is 5.73 Å². The summed E-state index contributed by atoms with van der Waals surface area (Å²) in [7, 11) is 1.00. The van der Waals surface area contributed by atoms with E-state index < -0.39 is 0 Å². The molecule has 0 aromatic carbocycles. The average Bonchev–Trinajstić information content (AvgIpc) is 2.25. The lowest BCUT2D eigenvalue weighted by atomic mass is 10.1. The smallest absolute Gasteiger partial charge is 0.136 e. The summed E-state index contributed by atoms with van der Waals surface area (Å²) in [6.07, 6.45) is 3.66. The zero-order valence-corrected chi connectivity index (χ0v) is 9.83. The van der Waals surface area contributed by atoms with Gasteiger partial charge in [-0.2, -0.15) is 0 Å². The second-order valence-electron chi connectivity index (χ2n) is 3.43. The van der Waals surface area contributed by atoms with E-state index in [0.717, 1.165) is 51.3 Å². The molecule has 0 fully saturated rings. The Morgan fingerprint density at radius 2 is 2.13 bits per heavy atom. The van der Waals surface area contributed by atoms with Crippen molar-refractivity contribution in [3.63, 3.8) is 0 Å². The highest BCUT2D eigenvalue weighted by atomic mass is 16.2. The number of carbonyl (C=O) groups excluding carboxylic acids is 1. The summed E-state index contributed by atoms with van der Waals surface area (Å²) in [5, 5.41) is 10.2. The van der Waals surface area contributed by atoms with Gasteiger partial charge in [0.2, 0.25) is 0 Å². The maximum absolute atomic E-state index is 10.2. The predicted molar refractivity (Wildman–Crippen MR) is 63.7 cm³/mol. The van der Waals surface area contributed by atoms with Gasteiger partial charge in [0, 0.05) is 13.7 Å². The van der Waals surface area contributed by atoms with Crippen LogP contribution in [0.1, 0.15) is 26.2 Å². The van der Waals surface area contributed by atoms with Gasteiger partial charge in [-0.1, -0.05) is 18.6 Å². The van der Waals surface area contributed by atoms with Gasteiger partial charge in [-0.3, -0.25) is 0 Å². The third kappa shape index (κ3) is 16.0. The van der Waals surface area contributed by atoms with Gasteiger partial charge in [-0.15, -0.1) is 0 Å². The Kier molecular flexibility index (Phi) is 14.8. The molecule has 4 N–H and O–H groups in total. The van der Waals surface area contributed by atoms with Crippen LogP contribution in [0.3, 0.4) is 0 Å². The van der Waals surface area contributed by atoms with Crippen LogP contribution < -0.4 is 11.1 Å². The van der Waals surface area contributed by atoms with Gasteiger partial charge in [0.05, 0.1) is 6.04 Å². The minimum absolute atomic E-state index is 0.277. The van der Waals surface area contributed by atoms with Crippen LogP contribution in [-0.2, 0) is 4.79 Å². The number of aliphatic hydroxyl groups is 1. The van der Waals surface area contributed by atoms with Crippen LogP contribution >= 0.6 is 0 Å². The molecule has 4 nitrogen and oxygen atoms in total. The Balaban J connectivity index is 0. The number of aldehydes is 1. The van der Waals surface area contributed by atoms with Crippen molar-refractivity contribution >= 4 is 6.29 Å². The maximum atomic E-state index is 10.2. The molecule has 0 saturated heterocycles. The summed E-state index contributed by atoms with van der Waals surface area (Å²) in [6.45, 7) is 7.63. The van der Waals surface area contributed by atoms with Crippen molar-refractivity contribution < 1.29 is 9.90 Å². The SMILES string of the molecule is C=C(C)CNCCCCC(N)C=O.CO. The zero-order valence-electron chi connectivity index (χ0n) is 9.83. The lowest BCUT2D eigenvalue weighted by Crippen LogP contribution is -2.22. The molecule has 15 heavy (non-hydrogen) atoms. The van der Waals surface area contributed by atoms with Crippen LogP contribution in [0, 0.1) is 0 Å². The Bertz CT molecular complexity index is 161. The van der Waals surface area contributed by atoms with Crippen molar-refractivity contribution in [1.29, 1.82) is 0 Å². The fourth-order valence-corrected chi connectivity index (χ4v) is 1.000. The first kappa shape index (κ1) is 16.7. The molecule has 0 spiro atoms. The molecule has 1 atom stereocenters. The van der Waals surface area contributed by atoms with Crippen LogP contribution in [-0.4, -0.2) is 37.6 Å². The number of rotatable bonds is 8. The summed E-state index contributed by atoms with van der Waals surface area (Å²) in [4.78, 5) is 10.2. The number of hydrogen-bond acceptors (Lipinski definition) is 4. The van der Waals surface area contributed by atoms with Crippen molar-refractivity contribution in [3.8, 4) is 0 Å². The third-order valence-electron chi connectivity index (χ3n) is 1.74. The molecule has 0 saturated carbocycles. The van der Waals surface area contributed by atoms with Gasteiger partial charge in [0.15, 0.2) is 0 Å². The van der Waals surface area contributed by atoms with Crippen molar-refractivity contribution in [2.45, 2.75) is 32.2 Å². The van der Waals surface area contributed by atoms with Gasteiger partial charge in [-0.25, -0.2) is 0 Å². The summed E-state index contributed by atoms with van der Waals surface area (Å²) in [6, 6.07) is -0.277. The zero-order chi connectivity index (χ0) is 12.1. The highest BCUT2D eigenvalue weighted by Gasteiger charge is 1.98. The van der Waals surface area contributed by atoms with E-state index in [1.54, 1.807) is 0 Å². The van der Waals surface area contributed by atoms with Crippen molar-refractivity contribution in [1.82, 2.24) is 5.32 Å². The molecule has 0 radical (unpaired) electrons. The van der Waals surface area contributed by atoms with Crippen LogP contribution in [0.4, 0.5) is 0 Å². The predicted octanol–water partition coefficient (Wildman–Crippen LogP) is 0.457. The van der Waals surface area contributed by atoms with Crippen molar-refractivity contribution in [2.75, 3.05) is 20.2 Å². The highest BCUT2D eigenvalue weighted by molar-refractivity contribution is 5.56. The first-order valence-electron chi connectivity index (χ1n) is 5.17. The largest absolute Gasteiger partial charge is 0.400 e. The molecule has 0 aromatic rings.